The first-order valence-corrected chi connectivity index (χ1v) is 18.2. The van der Waals surface area contributed by atoms with Crippen molar-refractivity contribution in [2.24, 2.45) is 11.3 Å². The highest BCUT2D eigenvalue weighted by Crippen LogP contribution is 2.48. The number of rotatable bonds is 6. The molecule has 2 saturated heterocycles. The molecule has 0 aromatic heterocycles. The molecular formula is C29H48N4O4S2. The molecule has 1 spiro atoms. The smallest absolute Gasteiger partial charge is 0.281 e. The molecule has 0 N–H and O–H groups in total. The maximum Gasteiger partial charge on any atom is 0.281 e. The van der Waals surface area contributed by atoms with Gasteiger partial charge in [-0.1, -0.05) is 43.9 Å². The first kappa shape index (κ1) is 29.5. The molecule has 8 nitrogen and oxygen atoms in total. The minimum Gasteiger partial charge on any atom is -0.303 e. The van der Waals surface area contributed by atoms with Crippen molar-refractivity contribution in [1.29, 1.82) is 0 Å². The SMILES string of the molecule is O=S(=O)(c1ccccc1)N1CCCN(CC2CCCCC2)CCCN(S(=O)(=O)N2CCCCC2)CC2(CC2)C1. The van der Waals surface area contributed by atoms with Gasteiger partial charge >= 0.3 is 0 Å². The molecule has 0 unspecified atom stereocenters. The summed E-state index contributed by atoms with van der Waals surface area (Å²) in [6.07, 6.45) is 12.7. The first-order chi connectivity index (χ1) is 18.8. The molecule has 4 fully saturated rings. The van der Waals surface area contributed by atoms with Crippen LogP contribution in [-0.4, -0.2) is 93.6 Å². The Morgan fingerprint density at radius 2 is 1.21 bits per heavy atom. The number of benzene rings is 1. The van der Waals surface area contributed by atoms with Crippen molar-refractivity contribution in [2.45, 2.75) is 81.9 Å². The number of hydrogen-bond acceptors (Lipinski definition) is 5. The predicted molar refractivity (Wildman–Crippen MR) is 155 cm³/mol. The van der Waals surface area contributed by atoms with E-state index in [4.69, 9.17) is 0 Å². The summed E-state index contributed by atoms with van der Waals surface area (Å²) in [4.78, 5) is 2.81. The maximum atomic E-state index is 13.9. The van der Waals surface area contributed by atoms with Gasteiger partial charge in [0.15, 0.2) is 0 Å². The Balaban J connectivity index is 1.39. The van der Waals surface area contributed by atoms with E-state index in [2.05, 4.69) is 4.90 Å². The van der Waals surface area contributed by atoms with Gasteiger partial charge in [0.05, 0.1) is 4.90 Å². The van der Waals surface area contributed by atoms with Gasteiger partial charge in [0.1, 0.15) is 0 Å². The van der Waals surface area contributed by atoms with Crippen LogP contribution in [0.3, 0.4) is 0 Å². The van der Waals surface area contributed by atoms with Crippen LogP contribution >= 0.6 is 0 Å². The second kappa shape index (κ2) is 12.9. The van der Waals surface area contributed by atoms with Gasteiger partial charge in [-0.05, 0) is 87.9 Å². The number of piperidine rings is 1. The molecule has 1 aromatic rings. The Kier molecular flexibility index (Phi) is 9.71. The maximum absolute atomic E-state index is 13.9. The van der Waals surface area contributed by atoms with Gasteiger partial charge in [0.25, 0.3) is 10.2 Å². The van der Waals surface area contributed by atoms with Crippen LogP contribution in [0.2, 0.25) is 0 Å². The highest BCUT2D eigenvalue weighted by molar-refractivity contribution is 7.89. The second-order valence-electron chi connectivity index (χ2n) is 12.5. The average Bonchev–Trinajstić information content (AvgIpc) is 3.71. The third-order valence-electron chi connectivity index (χ3n) is 9.33. The van der Waals surface area contributed by atoms with Crippen molar-refractivity contribution >= 4 is 20.2 Å². The van der Waals surface area contributed by atoms with Crippen molar-refractivity contribution in [3.63, 3.8) is 0 Å². The van der Waals surface area contributed by atoms with E-state index < -0.39 is 20.2 Å². The average molecular weight is 581 g/mol. The molecule has 2 aliphatic heterocycles. The second-order valence-corrected chi connectivity index (χ2v) is 16.3. The van der Waals surface area contributed by atoms with Gasteiger partial charge in [0.2, 0.25) is 10.0 Å². The van der Waals surface area contributed by atoms with Gasteiger partial charge in [-0.15, -0.1) is 0 Å². The van der Waals surface area contributed by atoms with E-state index in [1.54, 1.807) is 37.2 Å². The van der Waals surface area contributed by atoms with Gasteiger partial charge < -0.3 is 4.90 Å². The van der Waals surface area contributed by atoms with Gasteiger partial charge in [-0.3, -0.25) is 0 Å². The highest BCUT2D eigenvalue weighted by atomic mass is 32.2. The fourth-order valence-electron chi connectivity index (χ4n) is 6.82. The van der Waals surface area contributed by atoms with Crippen LogP contribution in [0.1, 0.15) is 77.0 Å². The van der Waals surface area contributed by atoms with Gasteiger partial charge in [-0.2, -0.15) is 21.3 Å². The van der Waals surface area contributed by atoms with E-state index in [1.807, 2.05) is 6.07 Å². The topological polar surface area (TPSA) is 81.2 Å². The number of nitrogens with zero attached hydrogens (tertiary/aromatic N) is 4. The third kappa shape index (κ3) is 7.43. The van der Waals surface area contributed by atoms with E-state index in [9.17, 15) is 16.8 Å². The van der Waals surface area contributed by atoms with Crippen molar-refractivity contribution < 1.29 is 16.8 Å². The summed E-state index contributed by atoms with van der Waals surface area (Å²) in [6.45, 7) is 5.71. The summed E-state index contributed by atoms with van der Waals surface area (Å²) < 4.78 is 60.5. The van der Waals surface area contributed by atoms with Crippen LogP contribution in [0.5, 0.6) is 0 Å². The normalized spacial score (nSPS) is 26.2. The highest BCUT2D eigenvalue weighted by Gasteiger charge is 2.49. The molecule has 0 atom stereocenters. The van der Waals surface area contributed by atoms with E-state index in [0.717, 1.165) is 64.6 Å². The fourth-order valence-corrected chi connectivity index (χ4v) is 10.3. The Labute approximate surface area is 236 Å². The predicted octanol–water partition coefficient (Wildman–Crippen LogP) is 4.17. The first-order valence-electron chi connectivity index (χ1n) is 15.3. The molecule has 0 amide bonds. The van der Waals surface area contributed by atoms with E-state index in [1.165, 1.54) is 32.1 Å². The van der Waals surface area contributed by atoms with Crippen molar-refractivity contribution in [2.75, 3.05) is 58.9 Å². The molecule has 2 heterocycles. The van der Waals surface area contributed by atoms with Crippen molar-refractivity contribution in [3.05, 3.63) is 30.3 Å². The summed E-state index contributed by atoms with van der Waals surface area (Å²) in [7, 11) is -7.24. The van der Waals surface area contributed by atoms with Crippen LogP contribution in [0.25, 0.3) is 0 Å². The van der Waals surface area contributed by atoms with E-state index >= 15 is 0 Å². The lowest BCUT2D eigenvalue weighted by molar-refractivity contribution is 0.174. The van der Waals surface area contributed by atoms with Crippen molar-refractivity contribution in [3.8, 4) is 0 Å². The Morgan fingerprint density at radius 3 is 1.85 bits per heavy atom. The van der Waals surface area contributed by atoms with Gasteiger partial charge in [-0.25, -0.2) is 8.42 Å². The largest absolute Gasteiger partial charge is 0.303 e. The molecule has 39 heavy (non-hydrogen) atoms. The zero-order valence-electron chi connectivity index (χ0n) is 23.6. The molecule has 220 valence electrons. The summed E-state index contributed by atoms with van der Waals surface area (Å²) in [6, 6.07) is 8.73. The Hall–Kier alpha value is -1.04. The Morgan fingerprint density at radius 1 is 0.641 bits per heavy atom. The standard InChI is InChI=1S/C29H48N4O4S2/c34-38(35,28-14-6-2-7-15-28)32-22-10-18-30(24-27-12-4-1-5-13-27)19-11-23-33(26-29(25-32)16-17-29)39(36,37)31-20-8-3-9-21-31/h2,6-7,14-15,27H,1,3-5,8-13,16-26H2. The summed E-state index contributed by atoms with van der Waals surface area (Å²) >= 11 is 0. The molecule has 0 radical (unpaired) electrons. The van der Waals surface area contributed by atoms with Crippen LogP contribution in [-0.2, 0) is 20.2 Å². The lowest BCUT2D eigenvalue weighted by Gasteiger charge is -2.37. The third-order valence-corrected chi connectivity index (χ3v) is 13.2. The molecular weight excluding hydrogens is 532 g/mol. The van der Waals surface area contributed by atoms with Crippen LogP contribution < -0.4 is 0 Å². The lowest BCUT2D eigenvalue weighted by atomic mass is 9.89. The summed E-state index contributed by atoms with van der Waals surface area (Å²) in [5, 5.41) is 0. The van der Waals surface area contributed by atoms with Crippen LogP contribution in [0.15, 0.2) is 35.2 Å². The summed E-state index contributed by atoms with van der Waals surface area (Å²) in [5.74, 6) is 0.693. The number of hydrogen-bond donors (Lipinski definition) is 0. The monoisotopic (exact) mass is 580 g/mol. The minimum atomic E-state index is -3.66. The molecule has 1 aromatic carbocycles. The Bertz CT molecular complexity index is 1130. The van der Waals surface area contributed by atoms with Crippen LogP contribution in [0, 0.1) is 11.3 Å². The zero-order chi connectivity index (χ0) is 27.3. The molecule has 10 heteroatoms. The molecule has 2 saturated carbocycles. The molecule has 2 aliphatic carbocycles. The van der Waals surface area contributed by atoms with E-state index in [-0.39, 0.29) is 5.41 Å². The lowest BCUT2D eigenvalue weighted by Crippen LogP contribution is -2.50. The molecule has 4 aliphatic rings. The molecule has 0 bridgehead atoms. The molecule has 5 rings (SSSR count). The minimum absolute atomic E-state index is 0.300. The van der Waals surface area contributed by atoms with Crippen molar-refractivity contribution in [1.82, 2.24) is 17.8 Å². The quantitative estimate of drug-likeness (QED) is 0.505. The summed E-state index contributed by atoms with van der Waals surface area (Å²) in [5.41, 5.74) is -0.300. The van der Waals surface area contributed by atoms with E-state index in [0.29, 0.717) is 50.1 Å². The zero-order valence-corrected chi connectivity index (χ0v) is 25.2. The van der Waals surface area contributed by atoms with Gasteiger partial charge in [0, 0.05) is 45.8 Å². The fraction of sp³-hybridized carbons (Fsp3) is 0.793. The number of sulfonamides is 1. The van der Waals surface area contributed by atoms with Crippen LogP contribution in [0.4, 0.5) is 0 Å².